The first kappa shape index (κ1) is 8.51. The zero-order valence-electron chi connectivity index (χ0n) is 7.55. The largest absolute Gasteiger partial charge is 0.329 e. The van der Waals surface area contributed by atoms with Gasteiger partial charge in [-0.3, -0.25) is 4.79 Å². The molecule has 1 saturated heterocycles. The molecular formula is C10H14N2O. The summed E-state index contributed by atoms with van der Waals surface area (Å²) >= 11 is 0. The highest BCUT2D eigenvalue weighted by atomic mass is 16.1. The number of aromatic nitrogens is 1. The number of aromatic amines is 1. The molecule has 0 amide bonds. The number of hydrogen-bond acceptors (Lipinski definition) is 2. The van der Waals surface area contributed by atoms with Gasteiger partial charge in [0.1, 0.15) is 0 Å². The van der Waals surface area contributed by atoms with Crippen molar-refractivity contribution in [2.24, 2.45) is 0 Å². The lowest BCUT2D eigenvalue weighted by Crippen LogP contribution is -2.28. The lowest BCUT2D eigenvalue weighted by Gasteiger charge is -2.22. The van der Waals surface area contributed by atoms with E-state index in [0.29, 0.717) is 5.92 Å². The molecule has 1 aliphatic heterocycles. The van der Waals surface area contributed by atoms with Gasteiger partial charge in [-0.2, -0.15) is 0 Å². The van der Waals surface area contributed by atoms with Gasteiger partial charge in [-0.15, -0.1) is 0 Å². The molecule has 2 heterocycles. The van der Waals surface area contributed by atoms with E-state index in [4.69, 9.17) is 0 Å². The molecule has 0 aliphatic carbocycles. The Balaban J connectivity index is 2.19. The van der Waals surface area contributed by atoms with E-state index in [1.807, 2.05) is 6.07 Å². The molecule has 70 valence electrons. The Morgan fingerprint density at radius 1 is 1.46 bits per heavy atom. The molecule has 1 aromatic rings. The van der Waals surface area contributed by atoms with Crippen LogP contribution in [-0.2, 0) is 0 Å². The van der Waals surface area contributed by atoms with Crippen LogP contribution >= 0.6 is 0 Å². The Morgan fingerprint density at radius 2 is 2.38 bits per heavy atom. The molecule has 0 saturated carbocycles. The summed E-state index contributed by atoms with van der Waals surface area (Å²) in [6.07, 6.45) is 4.13. The summed E-state index contributed by atoms with van der Waals surface area (Å²) in [6.45, 7) is 2.11. The fraction of sp³-hybridized carbons (Fsp3) is 0.500. The second-order valence-corrected chi connectivity index (χ2v) is 3.53. The van der Waals surface area contributed by atoms with Gasteiger partial charge in [0.05, 0.1) is 0 Å². The molecule has 13 heavy (non-hydrogen) atoms. The molecule has 1 aliphatic rings. The summed E-state index contributed by atoms with van der Waals surface area (Å²) in [7, 11) is 0. The maximum atomic E-state index is 11.1. The van der Waals surface area contributed by atoms with Crippen LogP contribution in [0.15, 0.2) is 23.1 Å². The Hall–Kier alpha value is -1.09. The Morgan fingerprint density at radius 3 is 3.08 bits per heavy atom. The van der Waals surface area contributed by atoms with E-state index in [2.05, 4.69) is 10.3 Å². The van der Waals surface area contributed by atoms with Crippen molar-refractivity contribution in [1.82, 2.24) is 10.3 Å². The number of piperidine rings is 1. The third-order valence-electron chi connectivity index (χ3n) is 2.57. The first-order chi connectivity index (χ1) is 6.36. The Labute approximate surface area is 77.2 Å². The van der Waals surface area contributed by atoms with Crippen LogP contribution < -0.4 is 10.9 Å². The van der Waals surface area contributed by atoms with E-state index in [1.54, 1.807) is 12.3 Å². The van der Waals surface area contributed by atoms with Crippen LogP contribution in [0.5, 0.6) is 0 Å². The van der Waals surface area contributed by atoms with Crippen molar-refractivity contribution in [1.29, 1.82) is 0 Å². The van der Waals surface area contributed by atoms with Crippen molar-refractivity contribution in [3.8, 4) is 0 Å². The zero-order valence-corrected chi connectivity index (χ0v) is 7.55. The Kier molecular flexibility index (Phi) is 2.45. The average molecular weight is 178 g/mol. The molecule has 1 atom stereocenters. The van der Waals surface area contributed by atoms with E-state index in [0.717, 1.165) is 18.7 Å². The van der Waals surface area contributed by atoms with Crippen molar-refractivity contribution >= 4 is 0 Å². The SMILES string of the molecule is O=c1cc(C2CCCNC2)cc[nH]1. The van der Waals surface area contributed by atoms with Gasteiger partial charge in [-0.05, 0) is 36.9 Å². The van der Waals surface area contributed by atoms with Crippen LogP contribution in [0.2, 0.25) is 0 Å². The van der Waals surface area contributed by atoms with Gasteiger partial charge in [0, 0.05) is 18.8 Å². The molecule has 1 aromatic heterocycles. The maximum Gasteiger partial charge on any atom is 0.248 e. The smallest absolute Gasteiger partial charge is 0.248 e. The summed E-state index contributed by atoms with van der Waals surface area (Å²) in [5.41, 5.74) is 1.17. The third kappa shape index (κ3) is 1.98. The number of H-pyrrole nitrogens is 1. The second-order valence-electron chi connectivity index (χ2n) is 3.53. The summed E-state index contributed by atoms with van der Waals surface area (Å²) in [5.74, 6) is 0.524. The van der Waals surface area contributed by atoms with Gasteiger partial charge < -0.3 is 10.3 Å². The molecule has 0 aromatic carbocycles. The predicted octanol–water partition coefficient (Wildman–Crippen LogP) is 0.842. The monoisotopic (exact) mass is 178 g/mol. The molecule has 1 fully saturated rings. The minimum atomic E-state index is 0.00285. The summed E-state index contributed by atoms with van der Waals surface area (Å²) < 4.78 is 0. The molecule has 0 bridgehead atoms. The maximum absolute atomic E-state index is 11.1. The van der Waals surface area contributed by atoms with E-state index >= 15 is 0 Å². The van der Waals surface area contributed by atoms with E-state index in [1.165, 1.54) is 12.8 Å². The standard InChI is InChI=1S/C10H14N2O/c13-10-6-8(3-5-12-10)9-2-1-4-11-7-9/h3,5-6,9,11H,1-2,4,7H2,(H,12,13). The lowest BCUT2D eigenvalue weighted by atomic mass is 9.92. The van der Waals surface area contributed by atoms with E-state index in [9.17, 15) is 4.79 Å². The van der Waals surface area contributed by atoms with Crippen molar-refractivity contribution in [3.05, 3.63) is 34.2 Å². The molecule has 3 nitrogen and oxygen atoms in total. The topological polar surface area (TPSA) is 44.9 Å². The normalized spacial score (nSPS) is 22.9. The minimum Gasteiger partial charge on any atom is -0.329 e. The van der Waals surface area contributed by atoms with Crippen molar-refractivity contribution < 1.29 is 0 Å². The molecule has 0 radical (unpaired) electrons. The highest BCUT2D eigenvalue weighted by Crippen LogP contribution is 2.21. The summed E-state index contributed by atoms with van der Waals surface area (Å²) in [6, 6.07) is 3.71. The van der Waals surface area contributed by atoms with Gasteiger partial charge in [0.25, 0.3) is 0 Å². The average Bonchev–Trinajstić information content (AvgIpc) is 2.19. The molecule has 2 N–H and O–H groups in total. The minimum absolute atomic E-state index is 0.00285. The van der Waals surface area contributed by atoms with Gasteiger partial charge in [0.15, 0.2) is 0 Å². The zero-order chi connectivity index (χ0) is 9.10. The number of pyridine rings is 1. The van der Waals surface area contributed by atoms with Gasteiger partial charge in [0.2, 0.25) is 5.56 Å². The van der Waals surface area contributed by atoms with Gasteiger partial charge in [-0.1, -0.05) is 0 Å². The van der Waals surface area contributed by atoms with Crippen LogP contribution in [0, 0.1) is 0 Å². The Bertz CT molecular complexity index is 326. The lowest BCUT2D eigenvalue weighted by molar-refractivity contribution is 0.461. The van der Waals surface area contributed by atoms with Crippen LogP contribution in [-0.4, -0.2) is 18.1 Å². The highest BCUT2D eigenvalue weighted by molar-refractivity contribution is 5.16. The van der Waals surface area contributed by atoms with Crippen LogP contribution in [0.25, 0.3) is 0 Å². The molecular weight excluding hydrogens is 164 g/mol. The molecule has 2 rings (SSSR count). The number of rotatable bonds is 1. The molecule has 0 spiro atoms. The van der Waals surface area contributed by atoms with Crippen molar-refractivity contribution in [3.63, 3.8) is 0 Å². The first-order valence-electron chi connectivity index (χ1n) is 4.75. The number of hydrogen-bond donors (Lipinski definition) is 2. The first-order valence-corrected chi connectivity index (χ1v) is 4.75. The fourth-order valence-electron chi connectivity index (χ4n) is 1.85. The van der Waals surface area contributed by atoms with Crippen LogP contribution in [0.4, 0.5) is 0 Å². The quantitative estimate of drug-likeness (QED) is 0.669. The third-order valence-corrected chi connectivity index (χ3v) is 2.57. The fourth-order valence-corrected chi connectivity index (χ4v) is 1.85. The van der Waals surface area contributed by atoms with E-state index < -0.39 is 0 Å². The summed E-state index contributed by atoms with van der Waals surface area (Å²) in [5, 5.41) is 3.34. The van der Waals surface area contributed by atoms with Crippen molar-refractivity contribution in [2.45, 2.75) is 18.8 Å². The molecule has 3 heteroatoms. The molecule has 1 unspecified atom stereocenters. The summed E-state index contributed by atoms with van der Waals surface area (Å²) in [4.78, 5) is 13.7. The van der Waals surface area contributed by atoms with E-state index in [-0.39, 0.29) is 5.56 Å². The van der Waals surface area contributed by atoms with Crippen molar-refractivity contribution in [2.75, 3.05) is 13.1 Å². The predicted molar refractivity (Wildman–Crippen MR) is 51.9 cm³/mol. The van der Waals surface area contributed by atoms with Gasteiger partial charge >= 0.3 is 0 Å². The van der Waals surface area contributed by atoms with Gasteiger partial charge in [-0.25, -0.2) is 0 Å². The highest BCUT2D eigenvalue weighted by Gasteiger charge is 2.14. The van der Waals surface area contributed by atoms with Crippen LogP contribution in [0.1, 0.15) is 24.3 Å². The number of nitrogens with one attached hydrogen (secondary N) is 2. The van der Waals surface area contributed by atoms with Crippen LogP contribution in [0.3, 0.4) is 0 Å². The second kappa shape index (κ2) is 3.75.